The predicted octanol–water partition coefficient (Wildman–Crippen LogP) is 1.87. The van der Waals surface area contributed by atoms with Crippen LogP contribution in [0.1, 0.15) is 12.5 Å². The van der Waals surface area contributed by atoms with Gasteiger partial charge in [0.2, 0.25) is 0 Å². The van der Waals surface area contributed by atoms with Crippen LogP contribution in [0.4, 0.5) is 0 Å². The van der Waals surface area contributed by atoms with Crippen molar-refractivity contribution in [3.8, 4) is 0 Å². The van der Waals surface area contributed by atoms with Crippen LogP contribution in [0.5, 0.6) is 0 Å². The van der Waals surface area contributed by atoms with Gasteiger partial charge < -0.3 is 4.90 Å². The van der Waals surface area contributed by atoms with Crippen molar-refractivity contribution in [1.29, 1.82) is 0 Å². The van der Waals surface area contributed by atoms with Crippen LogP contribution in [0.25, 0.3) is 0 Å². The van der Waals surface area contributed by atoms with Crippen molar-refractivity contribution in [1.82, 2.24) is 14.8 Å². The van der Waals surface area contributed by atoms with Gasteiger partial charge in [0.15, 0.2) is 0 Å². The van der Waals surface area contributed by atoms with Gasteiger partial charge in [-0.25, -0.2) is 4.98 Å². The third-order valence-electron chi connectivity index (χ3n) is 3.11. The fourth-order valence-electron chi connectivity index (χ4n) is 2.06. The second kappa shape index (κ2) is 5.62. The number of halogens is 1. The van der Waals surface area contributed by atoms with Crippen molar-refractivity contribution in [2.24, 2.45) is 0 Å². The van der Waals surface area contributed by atoms with Gasteiger partial charge in [-0.1, -0.05) is 18.5 Å². The Bertz CT molecular complexity index is 335. The summed E-state index contributed by atoms with van der Waals surface area (Å²) in [6.45, 7) is 9.01. The lowest BCUT2D eigenvalue weighted by Crippen LogP contribution is -2.45. The lowest BCUT2D eigenvalue weighted by atomic mass is 10.2. The van der Waals surface area contributed by atoms with Gasteiger partial charge >= 0.3 is 0 Å². The van der Waals surface area contributed by atoms with E-state index in [1.807, 2.05) is 12.1 Å². The molecule has 1 aromatic heterocycles. The zero-order valence-corrected chi connectivity index (χ0v) is 10.5. The number of aromatic nitrogens is 1. The van der Waals surface area contributed by atoms with Crippen LogP contribution < -0.4 is 0 Å². The zero-order chi connectivity index (χ0) is 11.4. The highest BCUT2D eigenvalue weighted by atomic mass is 35.5. The number of piperazine rings is 1. The van der Waals surface area contributed by atoms with Gasteiger partial charge in [-0.15, -0.1) is 0 Å². The van der Waals surface area contributed by atoms with E-state index in [1.165, 1.54) is 18.7 Å². The Kier molecular flexibility index (Phi) is 4.16. The molecule has 1 fully saturated rings. The molecule has 88 valence electrons. The molecular formula is C12H18ClN3. The zero-order valence-electron chi connectivity index (χ0n) is 9.69. The number of likely N-dealkylation sites (N-methyl/N-ethyl adjacent to an activating group) is 1. The summed E-state index contributed by atoms with van der Waals surface area (Å²) >= 11 is 5.87. The Morgan fingerprint density at radius 3 is 2.56 bits per heavy atom. The summed E-state index contributed by atoms with van der Waals surface area (Å²) in [6, 6.07) is 3.99. The van der Waals surface area contributed by atoms with Crippen molar-refractivity contribution < 1.29 is 0 Å². The minimum absolute atomic E-state index is 0.588. The molecule has 1 saturated heterocycles. The largest absolute Gasteiger partial charge is 0.301 e. The molecule has 2 heterocycles. The normalized spacial score (nSPS) is 18.9. The van der Waals surface area contributed by atoms with Gasteiger partial charge in [-0.2, -0.15) is 0 Å². The molecule has 0 amide bonds. The lowest BCUT2D eigenvalue weighted by molar-refractivity contribution is 0.132. The van der Waals surface area contributed by atoms with Crippen molar-refractivity contribution in [2.75, 3.05) is 32.7 Å². The molecule has 16 heavy (non-hydrogen) atoms. The molecule has 0 aromatic carbocycles. The summed E-state index contributed by atoms with van der Waals surface area (Å²) in [7, 11) is 0. The maximum absolute atomic E-state index is 5.87. The Balaban J connectivity index is 1.87. The van der Waals surface area contributed by atoms with E-state index >= 15 is 0 Å². The summed E-state index contributed by atoms with van der Waals surface area (Å²) in [5.41, 5.74) is 1.25. The van der Waals surface area contributed by atoms with Crippen LogP contribution in [-0.4, -0.2) is 47.5 Å². The monoisotopic (exact) mass is 239 g/mol. The minimum Gasteiger partial charge on any atom is -0.301 e. The van der Waals surface area contributed by atoms with E-state index in [-0.39, 0.29) is 0 Å². The maximum atomic E-state index is 5.87. The first-order valence-electron chi connectivity index (χ1n) is 5.83. The predicted molar refractivity (Wildman–Crippen MR) is 66.6 cm³/mol. The smallest absolute Gasteiger partial charge is 0.129 e. The van der Waals surface area contributed by atoms with E-state index < -0.39 is 0 Å². The van der Waals surface area contributed by atoms with Gasteiger partial charge in [0.25, 0.3) is 0 Å². The molecule has 0 spiro atoms. The molecule has 1 aromatic rings. The molecule has 0 aliphatic carbocycles. The van der Waals surface area contributed by atoms with Gasteiger partial charge in [0, 0.05) is 38.9 Å². The Morgan fingerprint density at radius 2 is 1.94 bits per heavy atom. The first-order chi connectivity index (χ1) is 7.78. The molecule has 1 aliphatic heterocycles. The maximum Gasteiger partial charge on any atom is 0.129 e. The Morgan fingerprint density at radius 1 is 1.25 bits per heavy atom. The van der Waals surface area contributed by atoms with Crippen LogP contribution in [-0.2, 0) is 6.54 Å². The highest BCUT2D eigenvalue weighted by Crippen LogP contribution is 2.11. The third-order valence-corrected chi connectivity index (χ3v) is 3.32. The highest BCUT2D eigenvalue weighted by molar-refractivity contribution is 6.29. The summed E-state index contributed by atoms with van der Waals surface area (Å²) in [6.07, 6.45) is 1.78. The molecule has 3 nitrogen and oxygen atoms in total. The second-order valence-electron chi connectivity index (χ2n) is 4.20. The summed E-state index contributed by atoms with van der Waals surface area (Å²) in [5.74, 6) is 0. The fraction of sp³-hybridized carbons (Fsp3) is 0.583. The van der Waals surface area contributed by atoms with Crippen LogP contribution in [0.2, 0.25) is 5.15 Å². The Hall–Kier alpha value is -0.640. The van der Waals surface area contributed by atoms with E-state index in [0.29, 0.717) is 5.15 Å². The molecule has 0 unspecified atom stereocenters. The molecule has 0 radical (unpaired) electrons. The molecule has 0 bridgehead atoms. The molecule has 1 aliphatic rings. The van der Waals surface area contributed by atoms with E-state index in [1.54, 1.807) is 6.20 Å². The van der Waals surface area contributed by atoms with Crippen molar-refractivity contribution >= 4 is 11.6 Å². The van der Waals surface area contributed by atoms with E-state index in [4.69, 9.17) is 11.6 Å². The van der Waals surface area contributed by atoms with Gasteiger partial charge in [-0.05, 0) is 24.2 Å². The van der Waals surface area contributed by atoms with Gasteiger partial charge in [0.05, 0.1) is 0 Å². The highest BCUT2D eigenvalue weighted by Gasteiger charge is 2.15. The van der Waals surface area contributed by atoms with Crippen LogP contribution >= 0.6 is 11.6 Å². The number of hydrogen-bond acceptors (Lipinski definition) is 3. The minimum atomic E-state index is 0.588. The quantitative estimate of drug-likeness (QED) is 0.751. The molecule has 2 rings (SSSR count). The standard InChI is InChI=1S/C12H18ClN3/c1-2-15-5-7-16(8-6-15)10-11-3-4-14-12(13)9-11/h3-4,9H,2,5-8,10H2,1H3. The van der Waals surface area contributed by atoms with E-state index in [0.717, 1.165) is 26.2 Å². The topological polar surface area (TPSA) is 19.4 Å². The Labute approximate surface area is 102 Å². The van der Waals surface area contributed by atoms with Gasteiger partial charge in [-0.3, -0.25) is 4.90 Å². The molecule has 0 atom stereocenters. The second-order valence-corrected chi connectivity index (χ2v) is 4.58. The van der Waals surface area contributed by atoms with Crippen LogP contribution in [0, 0.1) is 0 Å². The number of nitrogens with zero attached hydrogens (tertiary/aromatic N) is 3. The van der Waals surface area contributed by atoms with Crippen LogP contribution in [0.3, 0.4) is 0 Å². The number of pyridine rings is 1. The van der Waals surface area contributed by atoms with Crippen LogP contribution in [0.15, 0.2) is 18.3 Å². The van der Waals surface area contributed by atoms with Crippen molar-refractivity contribution in [3.63, 3.8) is 0 Å². The van der Waals surface area contributed by atoms with E-state index in [9.17, 15) is 0 Å². The van der Waals surface area contributed by atoms with Crippen molar-refractivity contribution in [2.45, 2.75) is 13.5 Å². The van der Waals surface area contributed by atoms with E-state index in [2.05, 4.69) is 21.7 Å². The molecule has 0 saturated carbocycles. The van der Waals surface area contributed by atoms with Crippen molar-refractivity contribution in [3.05, 3.63) is 29.0 Å². The summed E-state index contributed by atoms with van der Waals surface area (Å²) < 4.78 is 0. The average Bonchev–Trinajstić information content (AvgIpc) is 2.30. The molecule has 4 heteroatoms. The fourth-order valence-corrected chi connectivity index (χ4v) is 2.26. The third kappa shape index (κ3) is 3.17. The lowest BCUT2D eigenvalue weighted by Gasteiger charge is -2.33. The summed E-state index contributed by atoms with van der Waals surface area (Å²) in [4.78, 5) is 8.95. The number of rotatable bonds is 3. The number of hydrogen-bond donors (Lipinski definition) is 0. The SMILES string of the molecule is CCN1CCN(Cc2ccnc(Cl)c2)CC1. The van der Waals surface area contributed by atoms with Gasteiger partial charge in [0.1, 0.15) is 5.15 Å². The molecule has 0 N–H and O–H groups in total. The summed E-state index contributed by atoms with van der Waals surface area (Å²) in [5, 5.41) is 0.588. The first kappa shape index (κ1) is 11.8. The molecular weight excluding hydrogens is 222 g/mol. The first-order valence-corrected chi connectivity index (χ1v) is 6.21. The average molecular weight is 240 g/mol.